The highest BCUT2D eigenvalue weighted by atomic mass is 16.6. The summed E-state index contributed by atoms with van der Waals surface area (Å²) in [4.78, 5) is 22.1. The van der Waals surface area contributed by atoms with Gasteiger partial charge in [-0.3, -0.25) is 10.1 Å². The van der Waals surface area contributed by atoms with E-state index < -0.39 is 27.8 Å². The van der Waals surface area contributed by atoms with Crippen LogP contribution in [0, 0.1) is 10.1 Å². The van der Waals surface area contributed by atoms with E-state index in [-0.39, 0.29) is 22.2 Å². The molecule has 0 saturated carbocycles. The molecule has 8 heteroatoms. The quantitative estimate of drug-likeness (QED) is 0.286. The van der Waals surface area contributed by atoms with Crippen LogP contribution < -0.4 is 5.63 Å². The number of nitrogens with zero attached hydrogens (tertiary/aromatic N) is 1. The first-order valence-electron chi connectivity index (χ1n) is 6.35. The van der Waals surface area contributed by atoms with Gasteiger partial charge in [-0.1, -0.05) is 0 Å². The van der Waals surface area contributed by atoms with Gasteiger partial charge in [-0.05, 0) is 29.8 Å². The van der Waals surface area contributed by atoms with Gasteiger partial charge in [0.25, 0.3) is 5.69 Å². The molecular weight excluding hydrogens is 306 g/mol. The molecular formula is C15H9NO7. The Bertz CT molecular complexity index is 989. The molecule has 0 fully saturated rings. The number of nitro benzene ring substituents is 1. The van der Waals surface area contributed by atoms with Gasteiger partial charge in [-0.25, -0.2) is 4.79 Å². The van der Waals surface area contributed by atoms with Gasteiger partial charge < -0.3 is 19.7 Å². The number of hydrogen-bond acceptors (Lipinski definition) is 7. The van der Waals surface area contributed by atoms with E-state index in [0.717, 1.165) is 6.07 Å². The maximum absolute atomic E-state index is 12.0. The molecule has 8 nitrogen and oxygen atoms in total. The summed E-state index contributed by atoms with van der Waals surface area (Å²) in [5.74, 6) is -2.10. The van der Waals surface area contributed by atoms with Crippen molar-refractivity contribution in [2.75, 3.05) is 0 Å². The average Bonchev–Trinajstić information content (AvgIpc) is 2.53. The zero-order chi connectivity index (χ0) is 16.7. The van der Waals surface area contributed by atoms with Crippen molar-refractivity contribution in [1.29, 1.82) is 0 Å². The molecule has 0 bridgehead atoms. The van der Waals surface area contributed by atoms with Crippen LogP contribution in [0.3, 0.4) is 0 Å². The number of aromatic hydroxyl groups is 3. The molecule has 23 heavy (non-hydrogen) atoms. The Balaban J connectivity index is 2.22. The lowest BCUT2D eigenvalue weighted by molar-refractivity contribution is -0.384. The summed E-state index contributed by atoms with van der Waals surface area (Å²) in [5, 5.41) is 39.5. The second-order valence-corrected chi connectivity index (χ2v) is 4.76. The van der Waals surface area contributed by atoms with Gasteiger partial charge in [-0.2, -0.15) is 0 Å². The molecule has 0 aliphatic heterocycles. The van der Waals surface area contributed by atoms with Crippen molar-refractivity contribution in [3.05, 3.63) is 56.9 Å². The molecule has 0 aliphatic rings. The second-order valence-electron chi connectivity index (χ2n) is 4.76. The van der Waals surface area contributed by atoms with E-state index in [1.165, 1.54) is 30.3 Å². The summed E-state index contributed by atoms with van der Waals surface area (Å²) in [7, 11) is 0. The molecule has 0 unspecified atom stereocenters. The van der Waals surface area contributed by atoms with E-state index in [0.29, 0.717) is 5.56 Å². The zero-order valence-corrected chi connectivity index (χ0v) is 11.4. The highest BCUT2D eigenvalue weighted by Gasteiger charge is 2.17. The van der Waals surface area contributed by atoms with Crippen LogP contribution in [-0.2, 0) is 0 Å². The first-order chi connectivity index (χ1) is 10.9. The number of phenolic OH excluding ortho intramolecular Hbond substituents is 3. The minimum Gasteiger partial charge on any atom is -0.504 e. The molecule has 3 rings (SSSR count). The molecule has 0 aliphatic carbocycles. The minimum absolute atomic E-state index is 0.0943. The molecule has 116 valence electrons. The van der Waals surface area contributed by atoms with Crippen LogP contribution in [0.15, 0.2) is 45.6 Å². The van der Waals surface area contributed by atoms with Crippen molar-refractivity contribution in [3.63, 3.8) is 0 Å². The lowest BCUT2D eigenvalue weighted by atomic mass is 10.1. The van der Waals surface area contributed by atoms with Gasteiger partial charge >= 0.3 is 5.63 Å². The Kier molecular flexibility index (Phi) is 3.14. The average molecular weight is 315 g/mol. The van der Waals surface area contributed by atoms with E-state index >= 15 is 0 Å². The summed E-state index contributed by atoms with van der Waals surface area (Å²) in [6, 6.07) is 7.73. The number of phenols is 3. The largest absolute Gasteiger partial charge is 0.504 e. The number of rotatable bonds is 2. The summed E-state index contributed by atoms with van der Waals surface area (Å²) in [6.45, 7) is 0. The Hall–Kier alpha value is -3.55. The fraction of sp³-hybridized carbons (Fsp3) is 0. The maximum Gasteiger partial charge on any atom is 0.344 e. The first-order valence-corrected chi connectivity index (χ1v) is 6.35. The van der Waals surface area contributed by atoms with Gasteiger partial charge in [-0.15, -0.1) is 0 Å². The van der Waals surface area contributed by atoms with Crippen molar-refractivity contribution in [2.24, 2.45) is 0 Å². The van der Waals surface area contributed by atoms with Crippen LogP contribution in [0.4, 0.5) is 5.69 Å². The van der Waals surface area contributed by atoms with E-state index in [1.54, 1.807) is 0 Å². The number of fused-ring (bicyclic) bond motifs is 1. The number of non-ortho nitro benzene ring substituents is 1. The third-order valence-corrected chi connectivity index (χ3v) is 3.34. The number of nitro groups is 1. The Morgan fingerprint density at radius 2 is 1.65 bits per heavy atom. The van der Waals surface area contributed by atoms with Crippen molar-refractivity contribution in [2.45, 2.75) is 0 Å². The second kappa shape index (κ2) is 5.02. The normalized spacial score (nSPS) is 10.8. The van der Waals surface area contributed by atoms with Crippen molar-refractivity contribution in [1.82, 2.24) is 0 Å². The molecule has 3 aromatic rings. The molecule has 0 amide bonds. The lowest BCUT2D eigenvalue weighted by Gasteiger charge is -2.06. The molecule has 1 heterocycles. The molecule has 3 N–H and O–H groups in total. The van der Waals surface area contributed by atoms with E-state index in [1.807, 2.05) is 0 Å². The van der Waals surface area contributed by atoms with E-state index in [9.17, 15) is 30.2 Å². The van der Waals surface area contributed by atoms with Gasteiger partial charge in [0.15, 0.2) is 11.3 Å². The highest BCUT2D eigenvalue weighted by molar-refractivity contribution is 5.90. The lowest BCUT2D eigenvalue weighted by Crippen LogP contribution is -2.02. The summed E-state index contributed by atoms with van der Waals surface area (Å²) < 4.78 is 4.98. The maximum atomic E-state index is 12.0. The zero-order valence-electron chi connectivity index (χ0n) is 11.4. The van der Waals surface area contributed by atoms with E-state index in [4.69, 9.17) is 4.42 Å². The predicted octanol–water partition coefficient (Wildman–Crippen LogP) is 2.49. The fourth-order valence-electron chi connectivity index (χ4n) is 2.19. The van der Waals surface area contributed by atoms with Crippen molar-refractivity contribution >= 4 is 16.7 Å². The van der Waals surface area contributed by atoms with Crippen LogP contribution in [-0.4, -0.2) is 20.2 Å². The van der Waals surface area contributed by atoms with Crippen LogP contribution >= 0.6 is 0 Å². The number of benzene rings is 2. The third-order valence-electron chi connectivity index (χ3n) is 3.34. The minimum atomic E-state index is -0.799. The van der Waals surface area contributed by atoms with Gasteiger partial charge in [0, 0.05) is 17.5 Å². The van der Waals surface area contributed by atoms with Crippen molar-refractivity contribution < 1.29 is 24.7 Å². The fourth-order valence-corrected chi connectivity index (χ4v) is 2.19. The topological polar surface area (TPSA) is 134 Å². The monoisotopic (exact) mass is 315 g/mol. The molecule has 0 saturated heterocycles. The van der Waals surface area contributed by atoms with Crippen LogP contribution in [0.2, 0.25) is 0 Å². The SMILES string of the molecule is O=c1oc2c(O)c(O)c(O)cc2cc1-c1ccc([N+](=O)[O-])cc1. The smallest absolute Gasteiger partial charge is 0.344 e. The predicted molar refractivity (Wildman–Crippen MR) is 79.6 cm³/mol. The number of hydrogen-bond donors (Lipinski definition) is 3. The van der Waals surface area contributed by atoms with Crippen molar-refractivity contribution in [3.8, 4) is 28.4 Å². The van der Waals surface area contributed by atoms with Crippen LogP contribution in [0.1, 0.15) is 0 Å². The third kappa shape index (κ3) is 2.31. The van der Waals surface area contributed by atoms with Gasteiger partial charge in [0.1, 0.15) is 0 Å². The Morgan fingerprint density at radius 3 is 2.26 bits per heavy atom. The summed E-state index contributed by atoms with van der Waals surface area (Å²) in [5.41, 5.74) is -0.725. The molecule has 0 atom stereocenters. The molecule has 0 radical (unpaired) electrons. The standard InChI is InChI=1S/C15H9NO7/c17-11-6-8-5-10(7-1-3-9(4-2-7)16(21)22)15(20)23-14(8)13(19)12(11)18/h1-6,17-19H. The Morgan fingerprint density at radius 1 is 1.00 bits per heavy atom. The molecule has 2 aromatic carbocycles. The summed E-state index contributed by atoms with van der Waals surface area (Å²) >= 11 is 0. The first kappa shape index (κ1) is 14.4. The molecule has 1 aromatic heterocycles. The highest BCUT2D eigenvalue weighted by Crippen LogP contribution is 2.41. The summed E-state index contributed by atoms with van der Waals surface area (Å²) in [6.07, 6.45) is 0. The van der Waals surface area contributed by atoms with Gasteiger partial charge in [0.05, 0.1) is 10.5 Å². The van der Waals surface area contributed by atoms with Crippen LogP contribution in [0.5, 0.6) is 17.2 Å². The van der Waals surface area contributed by atoms with Crippen LogP contribution in [0.25, 0.3) is 22.1 Å². The molecule has 0 spiro atoms. The Labute approximate surface area is 127 Å². The van der Waals surface area contributed by atoms with E-state index in [2.05, 4.69) is 0 Å². The van der Waals surface area contributed by atoms with Gasteiger partial charge in [0.2, 0.25) is 11.5 Å².